The van der Waals surface area contributed by atoms with E-state index in [1.807, 2.05) is 0 Å². The molecule has 0 heterocycles. The summed E-state index contributed by atoms with van der Waals surface area (Å²) in [6.07, 6.45) is 9.05. The monoisotopic (exact) mass is 452 g/mol. The molecule has 33 heavy (non-hydrogen) atoms. The van der Waals surface area contributed by atoms with Crippen molar-refractivity contribution in [3.63, 3.8) is 0 Å². The van der Waals surface area contributed by atoms with Gasteiger partial charge in [-0.3, -0.25) is 4.79 Å². The Morgan fingerprint density at radius 3 is 2.33 bits per heavy atom. The fourth-order valence-electron chi connectivity index (χ4n) is 9.00. The fourth-order valence-corrected chi connectivity index (χ4v) is 9.00. The molecule has 1 aromatic carbocycles. The lowest BCUT2D eigenvalue weighted by Crippen LogP contribution is -2.62. The third-order valence-electron chi connectivity index (χ3n) is 10.3. The van der Waals surface area contributed by atoms with Gasteiger partial charge in [-0.05, 0) is 74.3 Å². The predicted octanol–water partition coefficient (Wildman–Crippen LogP) is 6.42. The molecule has 2 saturated carbocycles. The Kier molecular flexibility index (Phi) is 5.19. The maximum atomic E-state index is 13.1. The molecule has 2 fully saturated rings. The summed E-state index contributed by atoms with van der Waals surface area (Å²) in [5.74, 6) is 3.64. The molecule has 0 radical (unpaired) electrons. The normalized spacial score (nSPS) is 38.7. The standard InChI is InChI=1S/C29H40O4/c1-17(2)19-16-29-14-11-22-27(3,12-8-13-28(22,4)26(30)33-7)23(29)15-18(19)24-20(31-5)9-10-21(32-6)25(24)29/h9-10,16-18,22-23H,8,11-15H2,1-7H3/t18-,22-,23-,27-,28+,29+/m0/s1. The molecule has 6 atom stereocenters. The zero-order valence-electron chi connectivity index (χ0n) is 21.4. The summed E-state index contributed by atoms with van der Waals surface area (Å²) in [5.41, 5.74) is 3.89. The second-order valence-electron chi connectivity index (χ2n) is 11.8. The highest BCUT2D eigenvalue weighted by Crippen LogP contribution is 2.73. The molecule has 0 amide bonds. The smallest absolute Gasteiger partial charge is 0.311 e. The Balaban J connectivity index is 1.73. The predicted molar refractivity (Wildman–Crippen MR) is 130 cm³/mol. The molecule has 0 aromatic heterocycles. The molecule has 5 aliphatic carbocycles. The number of allylic oxidation sites excluding steroid dienone is 2. The van der Waals surface area contributed by atoms with Crippen LogP contribution in [0.2, 0.25) is 0 Å². The zero-order valence-corrected chi connectivity index (χ0v) is 21.4. The van der Waals surface area contributed by atoms with Gasteiger partial charge in [0.15, 0.2) is 0 Å². The van der Waals surface area contributed by atoms with Crippen LogP contribution in [0.1, 0.15) is 83.3 Å². The van der Waals surface area contributed by atoms with Gasteiger partial charge in [-0.15, -0.1) is 0 Å². The maximum Gasteiger partial charge on any atom is 0.311 e. The maximum absolute atomic E-state index is 13.1. The minimum absolute atomic E-state index is 0.0200. The molecule has 1 aromatic rings. The van der Waals surface area contributed by atoms with Crippen molar-refractivity contribution in [3.8, 4) is 11.5 Å². The first kappa shape index (κ1) is 22.8. The number of methoxy groups -OCH3 is 3. The van der Waals surface area contributed by atoms with Gasteiger partial charge >= 0.3 is 5.97 Å². The van der Waals surface area contributed by atoms with Crippen molar-refractivity contribution in [2.75, 3.05) is 21.3 Å². The lowest BCUT2D eigenvalue weighted by atomic mass is 9.37. The number of hydrogen-bond donors (Lipinski definition) is 0. The van der Waals surface area contributed by atoms with Crippen LogP contribution in [0.4, 0.5) is 0 Å². The first-order chi connectivity index (χ1) is 15.7. The third kappa shape index (κ3) is 2.79. The first-order valence-corrected chi connectivity index (χ1v) is 12.7. The molecule has 4 nitrogen and oxygen atoms in total. The Bertz CT molecular complexity index is 1010. The van der Waals surface area contributed by atoms with Crippen molar-refractivity contribution < 1.29 is 19.0 Å². The van der Waals surface area contributed by atoms with E-state index in [2.05, 4.69) is 45.9 Å². The molecule has 2 bridgehead atoms. The van der Waals surface area contributed by atoms with Crippen LogP contribution < -0.4 is 9.47 Å². The molecule has 0 unspecified atom stereocenters. The van der Waals surface area contributed by atoms with Gasteiger partial charge < -0.3 is 14.2 Å². The van der Waals surface area contributed by atoms with Crippen LogP contribution in [-0.4, -0.2) is 27.3 Å². The van der Waals surface area contributed by atoms with E-state index in [-0.39, 0.29) is 16.8 Å². The van der Waals surface area contributed by atoms with Gasteiger partial charge in [-0.25, -0.2) is 0 Å². The van der Waals surface area contributed by atoms with Crippen LogP contribution in [0.5, 0.6) is 11.5 Å². The molecule has 180 valence electrons. The Morgan fingerprint density at radius 1 is 1.00 bits per heavy atom. The number of carbonyl (C=O) groups is 1. The molecule has 0 saturated heterocycles. The topological polar surface area (TPSA) is 44.8 Å². The summed E-state index contributed by atoms with van der Waals surface area (Å²) in [5, 5.41) is 0. The number of benzene rings is 1. The summed E-state index contributed by atoms with van der Waals surface area (Å²) in [7, 11) is 5.14. The van der Waals surface area contributed by atoms with E-state index in [4.69, 9.17) is 14.2 Å². The van der Waals surface area contributed by atoms with E-state index in [1.54, 1.807) is 26.9 Å². The summed E-state index contributed by atoms with van der Waals surface area (Å²) >= 11 is 0. The molecular formula is C29H40O4. The molecule has 0 aliphatic heterocycles. The molecule has 5 aliphatic rings. The van der Waals surface area contributed by atoms with E-state index in [0.29, 0.717) is 23.7 Å². The van der Waals surface area contributed by atoms with E-state index in [9.17, 15) is 4.79 Å². The van der Waals surface area contributed by atoms with Crippen LogP contribution in [0.15, 0.2) is 23.8 Å². The molecule has 6 rings (SSSR count). The summed E-state index contributed by atoms with van der Waals surface area (Å²) in [4.78, 5) is 13.1. The summed E-state index contributed by atoms with van der Waals surface area (Å²) < 4.78 is 17.3. The van der Waals surface area contributed by atoms with Crippen molar-refractivity contribution in [2.24, 2.45) is 28.6 Å². The highest BCUT2D eigenvalue weighted by atomic mass is 16.5. The fraction of sp³-hybridized carbons (Fsp3) is 0.690. The van der Waals surface area contributed by atoms with Gasteiger partial charge in [-0.1, -0.05) is 38.8 Å². The van der Waals surface area contributed by atoms with Gasteiger partial charge in [-0.2, -0.15) is 0 Å². The van der Waals surface area contributed by atoms with Crippen LogP contribution in [0.25, 0.3) is 0 Å². The number of hydrogen-bond acceptors (Lipinski definition) is 4. The first-order valence-electron chi connectivity index (χ1n) is 12.7. The van der Waals surface area contributed by atoms with Crippen LogP contribution in [0, 0.1) is 28.6 Å². The van der Waals surface area contributed by atoms with E-state index < -0.39 is 5.41 Å². The average Bonchev–Trinajstić information content (AvgIpc) is 2.82. The van der Waals surface area contributed by atoms with Crippen LogP contribution >= 0.6 is 0 Å². The van der Waals surface area contributed by atoms with Crippen molar-refractivity contribution in [1.82, 2.24) is 0 Å². The lowest BCUT2D eigenvalue weighted by Gasteiger charge is -2.66. The van der Waals surface area contributed by atoms with Gasteiger partial charge in [0.05, 0.1) is 26.7 Å². The molecule has 0 N–H and O–H groups in total. The largest absolute Gasteiger partial charge is 0.496 e. The van der Waals surface area contributed by atoms with Crippen molar-refractivity contribution in [3.05, 3.63) is 34.9 Å². The molecule has 1 spiro atoms. The molecule has 4 heteroatoms. The number of carbonyl (C=O) groups excluding carboxylic acids is 1. The second kappa shape index (κ2) is 7.52. The number of esters is 1. The SMILES string of the molecule is COC(=O)[C@]1(C)CCC[C@@]2(C)[C@@H]1CC[C@@]13C=C(C(C)C)[C@H](C[C@@H]21)c1c(OC)ccc(OC)c13. The van der Waals surface area contributed by atoms with Crippen molar-refractivity contribution in [1.29, 1.82) is 0 Å². The number of fused-ring (bicyclic) bond motifs is 1. The Morgan fingerprint density at radius 2 is 1.70 bits per heavy atom. The Hall–Kier alpha value is -1.97. The van der Waals surface area contributed by atoms with Gasteiger partial charge in [0, 0.05) is 22.5 Å². The number of rotatable bonds is 4. The van der Waals surface area contributed by atoms with Gasteiger partial charge in [0.2, 0.25) is 0 Å². The minimum Gasteiger partial charge on any atom is -0.496 e. The van der Waals surface area contributed by atoms with Crippen molar-refractivity contribution in [2.45, 2.75) is 77.6 Å². The van der Waals surface area contributed by atoms with E-state index in [1.165, 1.54) is 17.5 Å². The van der Waals surface area contributed by atoms with Crippen molar-refractivity contribution >= 4 is 5.97 Å². The van der Waals surface area contributed by atoms with E-state index in [0.717, 1.165) is 43.6 Å². The third-order valence-corrected chi connectivity index (χ3v) is 10.3. The Labute approximate surface area is 199 Å². The highest BCUT2D eigenvalue weighted by Gasteiger charge is 2.66. The number of ether oxygens (including phenoxy) is 3. The van der Waals surface area contributed by atoms with Crippen LogP contribution in [0.3, 0.4) is 0 Å². The van der Waals surface area contributed by atoms with E-state index >= 15 is 0 Å². The average molecular weight is 453 g/mol. The lowest BCUT2D eigenvalue weighted by molar-refractivity contribution is -0.175. The van der Waals surface area contributed by atoms with Crippen LogP contribution in [-0.2, 0) is 14.9 Å². The summed E-state index contributed by atoms with van der Waals surface area (Å²) in [6, 6.07) is 4.19. The molecular weight excluding hydrogens is 412 g/mol. The second-order valence-corrected chi connectivity index (χ2v) is 11.8. The summed E-state index contributed by atoms with van der Waals surface area (Å²) in [6.45, 7) is 9.31. The quantitative estimate of drug-likeness (QED) is 0.390. The zero-order chi connectivity index (χ0) is 23.8. The minimum atomic E-state index is -0.397. The highest BCUT2D eigenvalue weighted by molar-refractivity contribution is 5.77. The van der Waals surface area contributed by atoms with Gasteiger partial charge in [0.25, 0.3) is 0 Å². The van der Waals surface area contributed by atoms with Gasteiger partial charge in [0.1, 0.15) is 11.5 Å².